The van der Waals surface area contributed by atoms with Gasteiger partial charge < -0.3 is 10.5 Å². The van der Waals surface area contributed by atoms with E-state index in [4.69, 9.17) is 22.1 Å². The second-order valence-corrected chi connectivity index (χ2v) is 4.76. The number of benzene rings is 1. The number of nitrogen functional groups attached to an aromatic ring is 1. The molecule has 0 spiro atoms. The molecule has 0 amide bonds. The summed E-state index contributed by atoms with van der Waals surface area (Å²) in [6.07, 6.45) is 0. The first-order valence-corrected chi connectivity index (χ1v) is 5.81. The predicted octanol–water partition coefficient (Wildman–Crippen LogP) is 2.66. The zero-order chi connectivity index (χ0) is 11.5. The third-order valence-electron chi connectivity index (χ3n) is 1.98. The Labute approximate surface area is 102 Å². The Bertz CT molecular complexity index is 501. The van der Waals surface area contributed by atoms with Crippen LogP contribution in [0.4, 0.5) is 5.13 Å². The van der Waals surface area contributed by atoms with Gasteiger partial charge in [-0.25, -0.2) is 0 Å². The first-order valence-electron chi connectivity index (χ1n) is 4.62. The molecule has 0 aliphatic heterocycles. The molecule has 6 heteroatoms. The second kappa shape index (κ2) is 4.67. The van der Waals surface area contributed by atoms with Crippen molar-refractivity contribution in [1.82, 2.24) is 10.2 Å². The first-order chi connectivity index (χ1) is 7.65. The van der Waals surface area contributed by atoms with Gasteiger partial charge in [0.2, 0.25) is 5.13 Å². The Morgan fingerprint density at radius 2 is 2.25 bits per heavy atom. The topological polar surface area (TPSA) is 61.0 Å². The Morgan fingerprint density at radius 3 is 2.94 bits per heavy atom. The van der Waals surface area contributed by atoms with Crippen molar-refractivity contribution in [1.29, 1.82) is 0 Å². The minimum absolute atomic E-state index is 0.357. The molecule has 1 heterocycles. The standard InChI is InChI=1S/C10H10ClN3OS/c1-6-2-3-7(11)4-8(6)15-5-9-13-14-10(12)16-9/h2-4H,5H2,1H3,(H2,12,14). The maximum Gasteiger partial charge on any atom is 0.203 e. The number of halogens is 1. The summed E-state index contributed by atoms with van der Waals surface area (Å²) >= 11 is 7.19. The molecule has 2 aromatic rings. The molecular formula is C10H10ClN3OS. The maximum absolute atomic E-state index is 5.88. The molecule has 16 heavy (non-hydrogen) atoms. The number of nitrogens with two attached hydrogens (primary N) is 1. The van der Waals surface area contributed by atoms with Gasteiger partial charge in [-0.05, 0) is 24.6 Å². The van der Waals surface area contributed by atoms with Gasteiger partial charge in [0.25, 0.3) is 0 Å². The van der Waals surface area contributed by atoms with E-state index in [1.807, 2.05) is 19.1 Å². The summed E-state index contributed by atoms with van der Waals surface area (Å²) in [7, 11) is 0. The molecule has 2 rings (SSSR count). The van der Waals surface area contributed by atoms with E-state index in [9.17, 15) is 0 Å². The molecular weight excluding hydrogens is 246 g/mol. The Balaban J connectivity index is 2.07. The highest BCUT2D eigenvalue weighted by molar-refractivity contribution is 7.15. The van der Waals surface area contributed by atoms with E-state index >= 15 is 0 Å². The first kappa shape index (κ1) is 11.2. The lowest BCUT2D eigenvalue weighted by Crippen LogP contribution is -1.96. The molecule has 0 aliphatic rings. The minimum Gasteiger partial charge on any atom is -0.486 e. The van der Waals surface area contributed by atoms with Crippen molar-refractivity contribution in [2.45, 2.75) is 13.5 Å². The number of anilines is 1. The van der Waals surface area contributed by atoms with Crippen LogP contribution < -0.4 is 10.5 Å². The molecule has 1 aromatic carbocycles. The zero-order valence-corrected chi connectivity index (χ0v) is 10.2. The van der Waals surface area contributed by atoms with Gasteiger partial charge in [0.15, 0.2) is 5.01 Å². The molecule has 0 bridgehead atoms. The maximum atomic E-state index is 5.88. The van der Waals surface area contributed by atoms with Crippen LogP contribution >= 0.6 is 22.9 Å². The fraction of sp³-hybridized carbons (Fsp3) is 0.200. The Morgan fingerprint density at radius 1 is 1.44 bits per heavy atom. The Hall–Kier alpha value is -1.33. The molecule has 84 valence electrons. The number of rotatable bonds is 3. The lowest BCUT2D eigenvalue weighted by molar-refractivity contribution is 0.302. The molecule has 0 radical (unpaired) electrons. The van der Waals surface area contributed by atoms with Crippen molar-refractivity contribution < 1.29 is 4.74 Å². The normalized spacial score (nSPS) is 10.4. The third-order valence-corrected chi connectivity index (χ3v) is 2.94. The van der Waals surface area contributed by atoms with Crippen molar-refractivity contribution in [3.8, 4) is 5.75 Å². The van der Waals surface area contributed by atoms with Crippen LogP contribution in [0.15, 0.2) is 18.2 Å². The average Bonchev–Trinajstić information content (AvgIpc) is 2.66. The van der Waals surface area contributed by atoms with E-state index in [2.05, 4.69) is 10.2 Å². The van der Waals surface area contributed by atoms with Crippen molar-refractivity contribution in [2.24, 2.45) is 0 Å². The molecule has 0 atom stereocenters. The fourth-order valence-corrected chi connectivity index (χ4v) is 1.88. The molecule has 0 aliphatic carbocycles. The van der Waals surface area contributed by atoms with E-state index in [1.54, 1.807) is 6.07 Å². The van der Waals surface area contributed by atoms with Gasteiger partial charge in [-0.3, -0.25) is 0 Å². The van der Waals surface area contributed by atoms with E-state index < -0.39 is 0 Å². The van der Waals surface area contributed by atoms with Crippen LogP contribution in [0.5, 0.6) is 5.75 Å². The van der Waals surface area contributed by atoms with Crippen molar-refractivity contribution >= 4 is 28.1 Å². The van der Waals surface area contributed by atoms with Crippen molar-refractivity contribution in [3.63, 3.8) is 0 Å². The van der Waals surface area contributed by atoms with Gasteiger partial charge in [0.05, 0.1) is 0 Å². The molecule has 0 saturated carbocycles. The van der Waals surface area contributed by atoms with E-state index in [1.165, 1.54) is 11.3 Å². The van der Waals surface area contributed by atoms with E-state index in [0.29, 0.717) is 16.8 Å². The predicted molar refractivity (Wildman–Crippen MR) is 64.8 cm³/mol. The summed E-state index contributed by atoms with van der Waals surface area (Å²) in [6.45, 7) is 2.32. The largest absolute Gasteiger partial charge is 0.486 e. The second-order valence-electron chi connectivity index (χ2n) is 3.23. The van der Waals surface area contributed by atoms with Crippen molar-refractivity contribution in [2.75, 3.05) is 5.73 Å². The van der Waals surface area contributed by atoms with E-state index in [0.717, 1.165) is 16.3 Å². The molecule has 0 saturated heterocycles. The lowest BCUT2D eigenvalue weighted by atomic mass is 10.2. The minimum atomic E-state index is 0.357. The van der Waals surface area contributed by atoms with Crippen molar-refractivity contribution in [3.05, 3.63) is 33.8 Å². The highest BCUT2D eigenvalue weighted by atomic mass is 35.5. The number of nitrogens with zero attached hydrogens (tertiary/aromatic N) is 2. The van der Waals surface area contributed by atoms with Crippen LogP contribution in [0.3, 0.4) is 0 Å². The number of hydrogen-bond acceptors (Lipinski definition) is 5. The van der Waals surface area contributed by atoms with Gasteiger partial charge in [-0.2, -0.15) is 0 Å². The summed E-state index contributed by atoms with van der Waals surface area (Å²) in [6, 6.07) is 5.51. The number of hydrogen-bond donors (Lipinski definition) is 1. The molecule has 1 aromatic heterocycles. The lowest BCUT2D eigenvalue weighted by Gasteiger charge is -2.07. The van der Waals surface area contributed by atoms with Crippen LogP contribution in [0, 0.1) is 6.92 Å². The number of aromatic nitrogens is 2. The molecule has 2 N–H and O–H groups in total. The smallest absolute Gasteiger partial charge is 0.203 e. The quantitative estimate of drug-likeness (QED) is 0.916. The van der Waals surface area contributed by atoms with Crippen LogP contribution in [0.2, 0.25) is 5.02 Å². The van der Waals surface area contributed by atoms with Gasteiger partial charge in [-0.15, -0.1) is 10.2 Å². The van der Waals surface area contributed by atoms with E-state index in [-0.39, 0.29) is 0 Å². The molecule has 0 fully saturated rings. The highest BCUT2D eigenvalue weighted by Gasteiger charge is 2.04. The van der Waals surface area contributed by atoms with Crippen LogP contribution in [-0.4, -0.2) is 10.2 Å². The van der Waals surface area contributed by atoms with Gasteiger partial charge in [0.1, 0.15) is 12.4 Å². The molecule has 0 unspecified atom stereocenters. The third kappa shape index (κ3) is 2.62. The zero-order valence-electron chi connectivity index (χ0n) is 8.61. The average molecular weight is 256 g/mol. The number of ether oxygens (including phenoxy) is 1. The summed E-state index contributed by atoms with van der Waals surface area (Å²) in [5, 5.41) is 9.42. The summed E-state index contributed by atoms with van der Waals surface area (Å²) in [5.74, 6) is 0.751. The van der Waals surface area contributed by atoms with Crippen LogP contribution in [-0.2, 0) is 6.61 Å². The van der Waals surface area contributed by atoms with Gasteiger partial charge >= 0.3 is 0 Å². The fourth-order valence-electron chi connectivity index (χ4n) is 1.19. The molecule has 4 nitrogen and oxygen atoms in total. The SMILES string of the molecule is Cc1ccc(Cl)cc1OCc1nnc(N)s1. The van der Waals surface area contributed by atoms with Gasteiger partial charge in [-0.1, -0.05) is 29.0 Å². The monoisotopic (exact) mass is 255 g/mol. The van der Waals surface area contributed by atoms with Crippen LogP contribution in [0.1, 0.15) is 10.6 Å². The number of aryl methyl sites for hydroxylation is 1. The summed E-state index contributed by atoms with van der Waals surface area (Å²) < 4.78 is 5.58. The highest BCUT2D eigenvalue weighted by Crippen LogP contribution is 2.24. The Kier molecular flexibility index (Phi) is 3.26. The summed E-state index contributed by atoms with van der Waals surface area (Å²) in [4.78, 5) is 0. The van der Waals surface area contributed by atoms with Crippen LogP contribution in [0.25, 0.3) is 0 Å². The summed E-state index contributed by atoms with van der Waals surface area (Å²) in [5.41, 5.74) is 6.50. The van der Waals surface area contributed by atoms with Gasteiger partial charge in [0, 0.05) is 5.02 Å².